The van der Waals surface area contributed by atoms with Gasteiger partial charge in [-0.15, -0.1) is 0 Å². The highest BCUT2D eigenvalue weighted by Crippen LogP contribution is 2.28. The second kappa shape index (κ2) is 11.0. The Kier molecular flexibility index (Phi) is 8.07. The van der Waals surface area contributed by atoms with E-state index in [4.69, 9.17) is 4.74 Å². The number of piperidine rings is 1. The molecule has 0 bridgehead atoms. The predicted octanol–water partition coefficient (Wildman–Crippen LogP) is 4.93. The molecule has 2 aliphatic heterocycles. The highest BCUT2D eigenvalue weighted by atomic mass is 19.1. The Hall–Kier alpha value is -2.51. The second-order valence-corrected chi connectivity index (χ2v) is 10.4. The lowest BCUT2D eigenvalue weighted by Gasteiger charge is -2.34. The molecule has 2 heterocycles. The summed E-state index contributed by atoms with van der Waals surface area (Å²) in [6, 6.07) is 12.0. The van der Waals surface area contributed by atoms with Gasteiger partial charge in [0.25, 0.3) is 5.91 Å². The fourth-order valence-electron chi connectivity index (χ4n) is 5.11. The molecule has 0 spiro atoms. The molecule has 0 radical (unpaired) electrons. The van der Waals surface area contributed by atoms with E-state index in [-0.39, 0.29) is 24.3 Å². The highest BCUT2D eigenvalue weighted by Gasteiger charge is 2.29. The van der Waals surface area contributed by atoms with Crippen LogP contribution in [0.15, 0.2) is 42.5 Å². The molecule has 0 aliphatic carbocycles. The van der Waals surface area contributed by atoms with Gasteiger partial charge < -0.3 is 19.6 Å². The molecule has 190 valence electrons. The van der Waals surface area contributed by atoms with Crippen molar-refractivity contribution in [1.29, 1.82) is 0 Å². The van der Waals surface area contributed by atoms with E-state index in [1.165, 1.54) is 6.07 Å². The first kappa shape index (κ1) is 25.6. The van der Waals surface area contributed by atoms with Crippen molar-refractivity contribution in [3.8, 4) is 16.9 Å². The molecule has 1 N–H and O–H groups in total. The van der Waals surface area contributed by atoms with Crippen LogP contribution in [0.1, 0.15) is 49.9 Å². The van der Waals surface area contributed by atoms with E-state index in [2.05, 4.69) is 4.90 Å². The van der Waals surface area contributed by atoms with Crippen LogP contribution in [0.4, 0.5) is 8.78 Å². The third-order valence-corrected chi connectivity index (χ3v) is 7.03. The number of hydrogen-bond acceptors (Lipinski definition) is 4. The summed E-state index contributed by atoms with van der Waals surface area (Å²) >= 11 is 0. The number of alkyl halides is 1. The number of rotatable bonds is 8. The van der Waals surface area contributed by atoms with Crippen molar-refractivity contribution in [3.63, 3.8) is 0 Å². The molecular weight excluding hydrogens is 450 g/mol. The van der Waals surface area contributed by atoms with Gasteiger partial charge in [-0.05, 0) is 93.9 Å². The van der Waals surface area contributed by atoms with Crippen molar-refractivity contribution < 1.29 is 23.4 Å². The average Bonchev–Trinajstić information content (AvgIpc) is 3.32. The number of likely N-dealkylation sites (tertiary alicyclic amines) is 2. The summed E-state index contributed by atoms with van der Waals surface area (Å²) in [6.45, 7) is 6.40. The molecule has 2 fully saturated rings. The second-order valence-electron chi connectivity index (χ2n) is 10.4. The normalized spacial score (nSPS) is 19.8. The van der Waals surface area contributed by atoms with Crippen LogP contribution in [0.2, 0.25) is 0 Å². The molecule has 1 amide bonds. The third-order valence-electron chi connectivity index (χ3n) is 7.03. The third kappa shape index (κ3) is 6.58. The van der Waals surface area contributed by atoms with Crippen molar-refractivity contribution in [1.82, 2.24) is 9.80 Å². The maximum Gasteiger partial charge on any atom is 0.254 e. The van der Waals surface area contributed by atoms with Crippen LogP contribution in [0, 0.1) is 11.7 Å². The molecule has 7 heteroatoms. The molecule has 5 nitrogen and oxygen atoms in total. The van der Waals surface area contributed by atoms with Crippen molar-refractivity contribution in [3.05, 3.63) is 53.8 Å². The number of aliphatic hydroxyl groups excluding tert-OH is 1. The van der Waals surface area contributed by atoms with Gasteiger partial charge in [0.2, 0.25) is 0 Å². The van der Waals surface area contributed by atoms with Gasteiger partial charge in [-0.1, -0.05) is 18.2 Å². The van der Waals surface area contributed by atoms with Gasteiger partial charge in [-0.2, -0.15) is 0 Å². The molecule has 35 heavy (non-hydrogen) atoms. The number of carbonyl (C=O) groups excluding carboxylic acids is 1. The first-order chi connectivity index (χ1) is 16.7. The summed E-state index contributed by atoms with van der Waals surface area (Å²) in [4.78, 5) is 16.6. The Morgan fingerprint density at radius 1 is 1.06 bits per heavy atom. The Morgan fingerprint density at radius 3 is 2.37 bits per heavy atom. The minimum Gasteiger partial charge on any atom is -0.490 e. The Morgan fingerprint density at radius 2 is 1.74 bits per heavy atom. The molecule has 0 saturated carbocycles. The number of hydrogen-bond donors (Lipinski definition) is 1. The molecule has 1 unspecified atom stereocenters. The minimum atomic E-state index is -1.19. The monoisotopic (exact) mass is 486 g/mol. The van der Waals surface area contributed by atoms with E-state index in [0.29, 0.717) is 36.7 Å². The Bertz CT molecular complexity index is 998. The van der Waals surface area contributed by atoms with Crippen LogP contribution in [0.3, 0.4) is 0 Å². The maximum atomic E-state index is 14.8. The van der Waals surface area contributed by atoms with Gasteiger partial charge >= 0.3 is 0 Å². The number of ether oxygens (including phenoxy) is 1. The lowest BCUT2D eigenvalue weighted by molar-refractivity contribution is 0.0677. The summed E-state index contributed by atoms with van der Waals surface area (Å²) in [5.41, 5.74) is 0.900. The molecule has 2 saturated heterocycles. The molecule has 4 rings (SSSR count). The summed E-state index contributed by atoms with van der Waals surface area (Å²) < 4.78 is 34.4. The maximum absolute atomic E-state index is 14.8. The number of aliphatic hydroxyl groups is 1. The molecular formula is C28H36F2N2O3. The topological polar surface area (TPSA) is 53.0 Å². The minimum absolute atomic E-state index is 0.0196. The Balaban J connectivity index is 1.32. The van der Waals surface area contributed by atoms with Crippen molar-refractivity contribution in [2.45, 2.75) is 51.2 Å². The summed E-state index contributed by atoms with van der Waals surface area (Å²) in [5.74, 6) is 0.0699. The summed E-state index contributed by atoms with van der Waals surface area (Å²) in [5, 5.41) is 9.48. The van der Waals surface area contributed by atoms with E-state index in [1.54, 1.807) is 36.9 Å². The van der Waals surface area contributed by atoms with Crippen LogP contribution >= 0.6 is 0 Å². The molecule has 2 aromatic carbocycles. The average molecular weight is 487 g/mol. The zero-order chi connectivity index (χ0) is 25.0. The largest absolute Gasteiger partial charge is 0.490 e. The Labute approximate surface area is 206 Å². The fourth-order valence-corrected chi connectivity index (χ4v) is 5.11. The number of carbonyl (C=O) groups is 1. The van der Waals surface area contributed by atoms with Crippen LogP contribution in [-0.4, -0.2) is 71.9 Å². The zero-order valence-corrected chi connectivity index (χ0v) is 20.7. The molecule has 0 aromatic heterocycles. The molecule has 2 aliphatic rings. The number of amides is 1. The zero-order valence-electron chi connectivity index (χ0n) is 20.7. The lowest BCUT2D eigenvalue weighted by atomic mass is 9.97. The van der Waals surface area contributed by atoms with Crippen LogP contribution < -0.4 is 4.74 Å². The van der Waals surface area contributed by atoms with Crippen LogP contribution in [-0.2, 0) is 0 Å². The van der Waals surface area contributed by atoms with E-state index < -0.39 is 11.5 Å². The first-order valence-electron chi connectivity index (χ1n) is 12.6. The van der Waals surface area contributed by atoms with Gasteiger partial charge in [0.15, 0.2) is 11.6 Å². The standard InChI is InChI=1S/C28H36F2N2O3/c1-28(2,30)19-31-14-11-20(12-15-31)18-35-26-10-9-23(16-25(26)29)21-5-7-22(8-6-21)27(34)32-13-3-4-24(32)17-33/h5-10,16,20,24,33H,3-4,11-15,17-19H2,1-2H3. The van der Waals surface area contributed by atoms with Gasteiger partial charge in [0.05, 0.1) is 19.3 Å². The van der Waals surface area contributed by atoms with Gasteiger partial charge in [0.1, 0.15) is 5.67 Å². The number of benzene rings is 2. The number of nitrogens with zero attached hydrogens (tertiary/aromatic N) is 2. The van der Waals surface area contributed by atoms with Crippen molar-refractivity contribution in [2.24, 2.45) is 5.92 Å². The summed E-state index contributed by atoms with van der Waals surface area (Å²) in [7, 11) is 0. The SMILES string of the molecule is CC(C)(F)CN1CCC(COc2ccc(-c3ccc(C(=O)N4CCCC4CO)cc3)cc2F)CC1. The summed E-state index contributed by atoms with van der Waals surface area (Å²) in [6.07, 6.45) is 3.55. The van der Waals surface area contributed by atoms with Crippen molar-refractivity contribution >= 4 is 5.91 Å². The lowest BCUT2D eigenvalue weighted by Crippen LogP contribution is -2.41. The van der Waals surface area contributed by atoms with E-state index in [9.17, 15) is 18.7 Å². The van der Waals surface area contributed by atoms with Crippen LogP contribution in [0.25, 0.3) is 11.1 Å². The molecule has 2 aromatic rings. The first-order valence-corrected chi connectivity index (χ1v) is 12.6. The highest BCUT2D eigenvalue weighted by molar-refractivity contribution is 5.95. The van der Waals surface area contributed by atoms with Gasteiger partial charge in [-0.3, -0.25) is 4.79 Å². The quantitative estimate of drug-likeness (QED) is 0.575. The van der Waals surface area contributed by atoms with Gasteiger partial charge in [0, 0.05) is 18.7 Å². The van der Waals surface area contributed by atoms with E-state index >= 15 is 0 Å². The predicted molar refractivity (Wildman–Crippen MR) is 133 cm³/mol. The number of halogens is 2. The fraction of sp³-hybridized carbons (Fsp3) is 0.536. The van der Waals surface area contributed by atoms with Gasteiger partial charge in [-0.25, -0.2) is 8.78 Å². The molecule has 1 atom stereocenters. The van der Waals surface area contributed by atoms with Crippen LogP contribution in [0.5, 0.6) is 5.75 Å². The van der Waals surface area contributed by atoms with E-state index in [0.717, 1.165) is 44.3 Å². The van der Waals surface area contributed by atoms with Crippen molar-refractivity contribution in [2.75, 3.05) is 39.4 Å². The smallest absolute Gasteiger partial charge is 0.254 e. The van der Waals surface area contributed by atoms with E-state index in [1.807, 2.05) is 18.2 Å².